The van der Waals surface area contributed by atoms with E-state index in [0.29, 0.717) is 12.8 Å². The Kier molecular flexibility index (Phi) is 3.19. The normalized spacial score (nSPS) is 29.2. The summed E-state index contributed by atoms with van der Waals surface area (Å²) in [5, 5.41) is 16.6. The lowest BCUT2D eigenvalue weighted by molar-refractivity contribution is -0.146. The number of aryl methyl sites for hydroxylation is 1. The van der Waals surface area contributed by atoms with E-state index >= 15 is 0 Å². The van der Waals surface area contributed by atoms with Gasteiger partial charge in [0, 0.05) is 6.20 Å². The van der Waals surface area contributed by atoms with Gasteiger partial charge < -0.3 is 10.4 Å². The van der Waals surface area contributed by atoms with Crippen LogP contribution in [0.2, 0.25) is 0 Å². The molecule has 1 aromatic heterocycles. The molecule has 0 saturated heterocycles. The van der Waals surface area contributed by atoms with Crippen LogP contribution in [-0.2, 0) is 4.79 Å². The van der Waals surface area contributed by atoms with Crippen LogP contribution in [0.5, 0.6) is 0 Å². The molecule has 1 aliphatic carbocycles. The van der Waals surface area contributed by atoms with Crippen molar-refractivity contribution in [3.05, 3.63) is 18.0 Å². The smallest absolute Gasteiger partial charge is 0.323 e. The fourth-order valence-corrected chi connectivity index (χ4v) is 2.63. The molecule has 1 aromatic rings. The van der Waals surface area contributed by atoms with Crippen molar-refractivity contribution in [1.82, 2.24) is 15.1 Å². The van der Waals surface area contributed by atoms with Crippen LogP contribution in [0.4, 0.5) is 0 Å². The maximum absolute atomic E-state index is 11.4. The first-order valence-electron chi connectivity index (χ1n) is 6.00. The minimum atomic E-state index is -0.789. The molecule has 0 spiro atoms. The van der Waals surface area contributed by atoms with Gasteiger partial charge in [0.15, 0.2) is 0 Å². The van der Waals surface area contributed by atoms with E-state index in [9.17, 15) is 9.90 Å². The Hall–Kier alpha value is -1.36. The molecular weight excluding hydrogens is 218 g/mol. The molecule has 2 unspecified atom stereocenters. The molecule has 0 bridgehead atoms. The molecule has 1 fully saturated rings. The molecule has 17 heavy (non-hydrogen) atoms. The maximum Gasteiger partial charge on any atom is 0.323 e. The van der Waals surface area contributed by atoms with E-state index in [-0.39, 0.29) is 6.04 Å². The zero-order valence-electron chi connectivity index (χ0n) is 10.3. The van der Waals surface area contributed by atoms with Gasteiger partial charge in [-0.05, 0) is 45.2 Å². The largest absolute Gasteiger partial charge is 0.480 e. The Labute approximate surface area is 101 Å². The van der Waals surface area contributed by atoms with Crippen LogP contribution in [0.15, 0.2) is 12.4 Å². The van der Waals surface area contributed by atoms with Crippen molar-refractivity contribution in [3.8, 4) is 0 Å². The van der Waals surface area contributed by atoms with Crippen molar-refractivity contribution in [1.29, 1.82) is 0 Å². The molecule has 94 valence electrons. The van der Waals surface area contributed by atoms with Crippen LogP contribution in [0, 0.1) is 6.92 Å². The van der Waals surface area contributed by atoms with Gasteiger partial charge in [0.25, 0.3) is 0 Å². The third kappa shape index (κ3) is 2.20. The number of likely N-dealkylation sites (N-methyl/N-ethyl adjacent to an activating group) is 1. The third-order valence-corrected chi connectivity index (χ3v) is 3.72. The van der Waals surface area contributed by atoms with Crippen LogP contribution < -0.4 is 5.32 Å². The minimum Gasteiger partial charge on any atom is -0.480 e. The van der Waals surface area contributed by atoms with Gasteiger partial charge in [0.05, 0.1) is 12.2 Å². The highest BCUT2D eigenvalue weighted by Crippen LogP contribution is 2.35. The third-order valence-electron chi connectivity index (χ3n) is 3.72. The number of hydrogen-bond acceptors (Lipinski definition) is 3. The molecule has 1 aliphatic rings. The van der Waals surface area contributed by atoms with Crippen molar-refractivity contribution in [3.63, 3.8) is 0 Å². The van der Waals surface area contributed by atoms with E-state index in [2.05, 4.69) is 10.4 Å². The van der Waals surface area contributed by atoms with E-state index in [1.54, 1.807) is 7.05 Å². The second-order valence-electron chi connectivity index (χ2n) is 4.89. The number of aromatic nitrogens is 2. The van der Waals surface area contributed by atoms with Crippen LogP contribution in [0.3, 0.4) is 0 Å². The zero-order valence-corrected chi connectivity index (χ0v) is 10.3. The second kappa shape index (κ2) is 4.49. The van der Waals surface area contributed by atoms with Crippen molar-refractivity contribution in [2.75, 3.05) is 7.05 Å². The summed E-state index contributed by atoms with van der Waals surface area (Å²) in [5.41, 5.74) is 0.323. The Bertz CT molecular complexity index is 416. The van der Waals surface area contributed by atoms with E-state index in [4.69, 9.17) is 0 Å². The first-order valence-corrected chi connectivity index (χ1v) is 6.00. The van der Waals surface area contributed by atoms with Crippen LogP contribution in [0.1, 0.15) is 37.3 Å². The lowest BCUT2D eigenvalue weighted by Crippen LogP contribution is -2.53. The summed E-state index contributed by atoms with van der Waals surface area (Å²) in [5.74, 6) is -0.756. The van der Waals surface area contributed by atoms with E-state index in [1.165, 1.54) is 0 Å². The summed E-state index contributed by atoms with van der Waals surface area (Å²) in [6.07, 6.45) is 7.00. The number of hydrogen-bond donors (Lipinski definition) is 2. The molecule has 5 nitrogen and oxygen atoms in total. The highest BCUT2D eigenvalue weighted by molar-refractivity contribution is 5.79. The van der Waals surface area contributed by atoms with Gasteiger partial charge in [0.2, 0.25) is 0 Å². The zero-order chi connectivity index (χ0) is 12.5. The van der Waals surface area contributed by atoms with E-state index in [1.807, 2.05) is 24.0 Å². The van der Waals surface area contributed by atoms with Crippen molar-refractivity contribution in [2.45, 2.75) is 44.2 Å². The topological polar surface area (TPSA) is 67.2 Å². The van der Waals surface area contributed by atoms with Crippen molar-refractivity contribution < 1.29 is 9.90 Å². The van der Waals surface area contributed by atoms with Gasteiger partial charge in [-0.15, -0.1) is 0 Å². The van der Waals surface area contributed by atoms with Gasteiger partial charge in [-0.25, -0.2) is 0 Å². The SMILES string of the molecule is CNC1(C(=O)O)CCCC(n2cc(C)cn2)C1. The molecule has 2 atom stereocenters. The van der Waals surface area contributed by atoms with Gasteiger partial charge >= 0.3 is 5.97 Å². The average Bonchev–Trinajstić information content (AvgIpc) is 2.76. The predicted octanol–water partition coefficient (Wildman–Crippen LogP) is 1.35. The van der Waals surface area contributed by atoms with Gasteiger partial charge in [-0.2, -0.15) is 5.10 Å². The molecule has 0 radical (unpaired) electrons. The summed E-state index contributed by atoms with van der Waals surface area (Å²) >= 11 is 0. The number of nitrogens with one attached hydrogen (secondary N) is 1. The molecule has 0 aliphatic heterocycles. The molecule has 1 heterocycles. The second-order valence-corrected chi connectivity index (χ2v) is 4.89. The van der Waals surface area contributed by atoms with E-state index in [0.717, 1.165) is 18.4 Å². The fourth-order valence-electron chi connectivity index (χ4n) is 2.63. The predicted molar refractivity (Wildman–Crippen MR) is 63.9 cm³/mol. The van der Waals surface area contributed by atoms with Crippen molar-refractivity contribution in [2.24, 2.45) is 0 Å². The number of aliphatic carboxylic acids is 1. The summed E-state index contributed by atoms with van der Waals surface area (Å²) in [7, 11) is 1.73. The Morgan fingerprint density at radius 1 is 1.71 bits per heavy atom. The molecule has 0 amide bonds. The Balaban J connectivity index is 2.19. The fraction of sp³-hybridized carbons (Fsp3) is 0.667. The molecule has 2 N–H and O–H groups in total. The molecule has 2 rings (SSSR count). The van der Waals surface area contributed by atoms with Crippen LogP contribution >= 0.6 is 0 Å². The van der Waals surface area contributed by atoms with Gasteiger partial charge in [-0.1, -0.05) is 0 Å². The summed E-state index contributed by atoms with van der Waals surface area (Å²) < 4.78 is 1.91. The lowest BCUT2D eigenvalue weighted by Gasteiger charge is -2.37. The highest BCUT2D eigenvalue weighted by atomic mass is 16.4. The monoisotopic (exact) mass is 237 g/mol. The molecule has 1 saturated carbocycles. The summed E-state index contributed by atoms with van der Waals surface area (Å²) in [6, 6.07) is 0.181. The number of carboxylic acids is 1. The molecular formula is C12H19N3O2. The number of carboxylic acid groups (broad SMARTS) is 1. The van der Waals surface area contributed by atoms with Crippen LogP contribution in [0.25, 0.3) is 0 Å². The lowest BCUT2D eigenvalue weighted by atomic mass is 9.79. The van der Waals surface area contributed by atoms with E-state index < -0.39 is 11.5 Å². The quantitative estimate of drug-likeness (QED) is 0.832. The Morgan fingerprint density at radius 2 is 2.47 bits per heavy atom. The molecule has 5 heteroatoms. The standard InChI is InChI=1S/C12H19N3O2/c1-9-7-14-15(8-9)10-4-3-5-12(6-10,13-2)11(16)17/h7-8,10,13H,3-6H2,1-2H3,(H,16,17). The Morgan fingerprint density at radius 3 is 3.00 bits per heavy atom. The maximum atomic E-state index is 11.4. The molecule has 0 aromatic carbocycles. The average molecular weight is 237 g/mol. The minimum absolute atomic E-state index is 0.181. The summed E-state index contributed by atoms with van der Waals surface area (Å²) in [4.78, 5) is 11.4. The van der Waals surface area contributed by atoms with Crippen LogP contribution in [-0.4, -0.2) is 33.4 Å². The summed E-state index contributed by atoms with van der Waals surface area (Å²) in [6.45, 7) is 1.99. The van der Waals surface area contributed by atoms with Gasteiger partial charge in [0.1, 0.15) is 5.54 Å². The highest BCUT2D eigenvalue weighted by Gasteiger charge is 2.42. The van der Waals surface area contributed by atoms with Crippen molar-refractivity contribution >= 4 is 5.97 Å². The number of carbonyl (C=O) groups is 1. The first-order chi connectivity index (χ1) is 8.07. The number of nitrogens with zero attached hydrogens (tertiary/aromatic N) is 2. The first kappa shape index (κ1) is 12.1. The van der Waals surface area contributed by atoms with Gasteiger partial charge in [-0.3, -0.25) is 9.48 Å². The number of rotatable bonds is 3.